The molecule has 1 atom stereocenters. The number of ketones is 1. The second-order valence-electron chi connectivity index (χ2n) is 6.99. The number of allylic oxidation sites excluding steroid dienone is 2. The molecule has 0 saturated carbocycles. The van der Waals surface area contributed by atoms with Gasteiger partial charge in [0.25, 0.3) is 0 Å². The van der Waals surface area contributed by atoms with Crippen molar-refractivity contribution < 1.29 is 14.3 Å². The van der Waals surface area contributed by atoms with E-state index in [1.807, 2.05) is 31.2 Å². The molecule has 3 rings (SSSR count). The monoisotopic (exact) mass is 377 g/mol. The van der Waals surface area contributed by atoms with Crippen LogP contribution < -0.4 is 0 Å². The van der Waals surface area contributed by atoms with Gasteiger partial charge in [0.05, 0.1) is 19.2 Å². The first-order valence-electron chi connectivity index (χ1n) is 9.42. The van der Waals surface area contributed by atoms with Crippen molar-refractivity contribution in [1.29, 1.82) is 5.26 Å². The normalized spacial score (nSPS) is 14.7. The van der Waals surface area contributed by atoms with Gasteiger partial charge >= 0.3 is 5.97 Å². The summed E-state index contributed by atoms with van der Waals surface area (Å²) >= 11 is 0. The van der Waals surface area contributed by atoms with Crippen LogP contribution in [0.5, 0.6) is 0 Å². The lowest BCUT2D eigenvalue weighted by molar-refractivity contribution is -0.141. The van der Waals surface area contributed by atoms with E-state index < -0.39 is 0 Å². The van der Waals surface area contributed by atoms with Crippen LogP contribution in [0.15, 0.2) is 30.5 Å². The lowest BCUT2D eigenvalue weighted by Gasteiger charge is -2.19. The zero-order valence-corrected chi connectivity index (χ0v) is 16.1. The third kappa shape index (κ3) is 4.20. The van der Waals surface area contributed by atoms with Gasteiger partial charge in [0.2, 0.25) is 5.78 Å². The number of H-pyrrole nitrogens is 1. The number of ether oxygens (including phenoxy) is 1. The maximum Gasteiger partial charge on any atom is 0.312 e. The number of nitriles is 1. The Balaban J connectivity index is 1.95. The quantitative estimate of drug-likeness (QED) is 0.607. The SMILES string of the molecule is COC(=O)C(C)c1ccc(CC(=O)c2ncc(C#N)[nH]2)c(C2=CCCCC2)c1. The Morgan fingerprint density at radius 3 is 2.82 bits per heavy atom. The molecule has 1 aliphatic rings. The van der Waals surface area contributed by atoms with Crippen molar-refractivity contribution in [2.24, 2.45) is 0 Å². The largest absolute Gasteiger partial charge is 0.469 e. The van der Waals surface area contributed by atoms with Crippen molar-refractivity contribution in [1.82, 2.24) is 9.97 Å². The molecule has 1 aromatic carbocycles. The summed E-state index contributed by atoms with van der Waals surface area (Å²) in [6.45, 7) is 1.82. The Bertz CT molecular complexity index is 966. The van der Waals surface area contributed by atoms with Gasteiger partial charge in [-0.2, -0.15) is 5.26 Å². The number of nitrogens with one attached hydrogen (secondary N) is 1. The first-order valence-corrected chi connectivity index (χ1v) is 9.42. The van der Waals surface area contributed by atoms with E-state index in [0.29, 0.717) is 0 Å². The Hall–Kier alpha value is -3.20. The van der Waals surface area contributed by atoms with Crippen LogP contribution in [0, 0.1) is 11.3 Å². The molecule has 0 spiro atoms. The molecule has 1 aliphatic carbocycles. The fraction of sp³-hybridized carbons (Fsp3) is 0.364. The Labute approximate surface area is 164 Å². The Morgan fingerprint density at radius 1 is 1.36 bits per heavy atom. The fourth-order valence-electron chi connectivity index (χ4n) is 3.49. The summed E-state index contributed by atoms with van der Waals surface area (Å²) in [6.07, 6.45) is 8.01. The highest BCUT2D eigenvalue weighted by molar-refractivity contribution is 5.95. The summed E-state index contributed by atoms with van der Waals surface area (Å²) in [4.78, 5) is 31.3. The standard InChI is InChI=1S/C22H23N3O3/c1-14(22(27)28-2)16-8-9-17(19(10-16)15-6-4-3-5-7-15)11-20(26)21-24-13-18(12-23)25-21/h6,8-10,13-14H,3-5,7,11H2,1-2H3,(H,24,25). The number of esters is 1. The number of benzene rings is 1. The maximum atomic E-state index is 12.7. The molecular formula is C22H23N3O3. The number of aromatic nitrogens is 2. The van der Waals surface area contributed by atoms with E-state index in [1.54, 1.807) is 0 Å². The van der Waals surface area contributed by atoms with E-state index in [-0.39, 0.29) is 35.6 Å². The maximum absolute atomic E-state index is 12.7. The van der Waals surface area contributed by atoms with Gasteiger partial charge in [-0.3, -0.25) is 9.59 Å². The van der Waals surface area contributed by atoms with Crippen LogP contribution in [0.3, 0.4) is 0 Å². The number of nitrogens with zero attached hydrogens (tertiary/aromatic N) is 2. The Kier molecular flexibility index (Phi) is 6.05. The molecule has 28 heavy (non-hydrogen) atoms. The number of imidazole rings is 1. The second-order valence-corrected chi connectivity index (χ2v) is 6.99. The summed E-state index contributed by atoms with van der Waals surface area (Å²) in [6, 6.07) is 7.73. The third-order valence-electron chi connectivity index (χ3n) is 5.14. The predicted molar refractivity (Wildman–Crippen MR) is 105 cm³/mol. The molecule has 0 amide bonds. The highest BCUT2D eigenvalue weighted by Gasteiger charge is 2.21. The van der Waals surface area contributed by atoms with Crippen molar-refractivity contribution in [3.05, 3.63) is 58.7 Å². The van der Waals surface area contributed by atoms with Crippen molar-refractivity contribution >= 4 is 17.3 Å². The molecule has 0 saturated heterocycles. The first kappa shape index (κ1) is 19.6. The zero-order chi connectivity index (χ0) is 20.1. The molecule has 0 bridgehead atoms. The summed E-state index contributed by atoms with van der Waals surface area (Å²) in [7, 11) is 1.38. The lowest BCUT2D eigenvalue weighted by atomic mass is 9.86. The number of Topliss-reactive ketones (excluding diaryl/α,β-unsaturated/α-hetero) is 1. The van der Waals surface area contributed by atoms with Crippen LogP contribution in [-0.2, 0) is 16.0 Å². The minimum Gasteiger partial charge on any atom is -0.469 e. The average molecular weight is 377 g/mol. The number of methoxy groups -OCH3 is 1. The topological polar surface area (TPSA) is 95.8 Å². The molecule has 0 radical (unpaired) electrons. The molecule has 6 nitrogen and oxygen atoms in total. The third-order valence-corrected chi connectivity index (χ3v) is 5.14. The minimum absolute atomic E-state index is 0.173. The van der Waals surface area contributed by atoms with E-state index in [9.17, 15) is 9.59 Å². The highest BCUT2D eigenvalue weighted by Crippen LogP contribution is 2.32. The molecule has 2 aromatic rings. The lowest BCUT2D eigenvalue weighted by Crippen LogP contribution is -2.13. The van der Waals surface area contributed by atoms with E-state index in [2.05, 4.69) is 16.0 Å². The summed E-state index contributed by atoms with van der Waals surface area (Å²) in [5.74, 6) is -0.645. The molecule has 0 fully saturated rings. The molecule has 6 heteroatoms. The number of hydrogen-bond acceptors (Lipinski definition) is 5. The zero-order valence-electron chi connectivity index (χ0n) is 16.1. The number of carbonyl (C=O) groups excluding carboxylic acids is 2. The van der Waals surface area contributed by atoms with Crippen LogP contribution in [-0.4, -0.2) is 28.8 Å². The van der Waals surface area contributed by atoms with Crippen LogP contribution in [0.4, 0.5) is 0 Å². The summed E-state index contributed by atoms with van der Waals surface area (Å²) in [5.41, 5.74) is 4.25. The number of aromatic amines is 1. The van der Waals surface area contributed by atoms with Gasteiger partial charge in [-0.1, -0.05) is 24.3 Å². The minimum atomic E-state index is -0.374. The van der Waals surface area contributed by atoms with Gasteiger partial charge in [-0.15, -0.1) is 0 Å². The van der Waals surface area contributed by atoms with Crippen molar-refractivity contribution in [2.45, 2.75) is 44.9 Å². The highest BCUT2D eigenvalue weighted by atomic mass is 16.5. The van der Waals surface area contributed by atoms with Gasteiger partial charge in [0, 0.05) is 6.42 Å². The van der Waals surface area contributed by atoms with Gasteiger partial charge in [-0.25, -0.2) is 4.98 Å². The van der Waals surface area contributed by atoms with Crippen LogP contribution in [0.2, 0.25) is 0 Å². The predicted octanol–water partition coefficient (Wildman–Crippen LogP) is 3.94. The summed E-state index contributed by atoms with van der Waals surface area (Å²) < 4.78 is 4.87. The molecule has 1 heterocycles. The smallest absolute Gasteiger partial charge is 0.312 e. The van der Waals surface area contributed by atoms with Gasteiger partial charge in [0.1, 0.15) is 11.8 Å². The van der Waals surface area contributed by atoms with Crippen molar-refractivity contribution in [3.8, 4) is 6.07 Å². The van der Waals surface area contributed by atoms with Gasteiger partial charge in [-0.05, 0) is 54.9 Å². The first-order chi connectivity index (χ1) is 13.5. The van der Waals surface area contributed by atoms with Crippen LogP contribution in [0.1, 0.15) is 71.5 Å². The molecule has 1 aromatic heterocycles. The fourth-order valence-corrected chi connectivity index (χ4v) is 3.49. The summed E-state index contributed by atoms with van der Waals surface area (Å²) in [5, 5.41) is 8.91. The Morgan fingerprint density at radius 2 is 2.18 bits per heavy atom. The van der Waals surface area contributed by atoms with Gasteiger partial charge < -0.3 is 9.72 Å². The molecule has 1 unspecified atom stereocenters. The van der Waals surface area contributed by atoms with E-state index in [4.69, 9.17) is 10.00 Å². The molecule has 0 aliphatic heterocycles. The number of hydrogen-bond donors (Lipinski definition) is 1. The molecular weight excluding hydrogens is 354 g/mol. The average Bonchev–Trinajstić information content (AvgIpc) is 3.23. The second kappa shape index (κ2) is 8.66. The van der Waals surface area contributed by atoms with E-state index in [0.717, 1.165) is 36.0 Å². The van der Waals surface area contributed by atoms with E-state index in [1.165, 1.54) is 25.3 Å². The number of carbonyl (C=O) groups is 2. The van der Waals surface area contributed by atoms with Crippen molar-refractivity contribution in [2.75, 3.05) is 7.11 Å². The van der Waals surface area contributed by atoms with Crippen molar-refractivity contribution in [3.63, 3.8) is 0 Å². The van der Waals surface area contributed by atoms with Crippen LogP contribution >= 0.6 is 0 Å². The van der Waals surface area contributed by atoms with Gasteiger partial charge in [0.15, 0.2) is 5.82 Å². The van der Waals surface area contributed by atoms with Crippen LogP contribution in [0.25, 0.3) is 5.57 Å². The molecule has 144 valence electrons. The number of rotatable bonds is 6. The van der Waals surface area contributed by atoms with E-state index >= 15 is 0 Å². The molecule has 1 N–H and O–H groups in total.